The summed E-state index contributed by atoms with van der Waals surface area (Å²) in [6.07, 6.45) is 0.181. The Kier molecular flexibility index (Phi) is 3.39. The van der Waals surface area contributed by atoms with Gasteiger partial charge in [0.25, 0.3) is 5.75 Å². The van der Waals surface area contributed by atoms with Crippen molar-refractivity contribution in [2.24, 2.45) is 0 Å². The van der Waals surface area contributed by atoms with Gasteiger partial charge in [-0.3, -0.25) is 20.2 Å². The van der Waals surface area contributed by atoms with E-state index in [2.05, 4.69) is 4.74 Å². The Hall–Kier alpha value is -2.52. The molecule has 0 unspecified atom stereocenters. The second-order valence-electron chi connectivity index (χ2n) is 4.99. The molecular weight excluding hydrogens is 294 g/mol. The van der Waals surface area contributed by atoms with E-state index in [-0.39, 0.29) is 17.7 Å². The zero-order valence-electron chi connectivity index (χ0n) is 11.0. The van der Waals surface area contributed by atoms with Crippen LogP contribution in [0.25, 0.3) is 0 Å². The van der Waals surface area contributed by atoms with Gasteiger partial charge in [0, 0.05) is 18.1 Å². The normalized spacial score (nSPS) is 15.5. The number of nitrogens with zero attached hydrogens (tertiary/aromatic N) is 2. The minimum absolute atomic E-state index is 0.181. The minimum Gasteiger partial charge on any atom is -0.483 e. The first-order valence-corrected chi connectivity index (χ1v) is 5.75. The van der Waals surface area contributed by atoms with Crippen molar-refractivity contribution >= 4 is 11.4 Å². The third-order valence-corrected chi connectivity index (χ3v) is 2.85. The molecule has 0 aromatic heterocycles. The Balaban J connectivity index is 2.74. The molecule has 114 valence electrons. The molecule has 0 N–H and O–H groups in total. The van der Waals surface area contributed by atoms with E-state index in [9.17, 15) is 29.0 Å². The lowest BCUT2D eigenvalue weighted by molar-refractivity contribution is -0.423. The van der Waals surface area contributed by atoms with Gasteiger partial charge in [0.15, 0.2) is 5.75 Å². The number of nitro benzene ring substituents is 2. The summed E-state index contributed by atoms with van der Waals surface area (Å²) in [5.41, 5.74) is -2.66. The average molecular weight is 304 g/mol. The molecule has 0 amide bonds. The van der Waals surface area contributed by atoms with Crippen molar-refractivity contribution in [2.45, 2.75) is 32.5 Å². The average Bonchev–Trinajstić information content (AvgIpc) is 2.61. The summed E-state index contributed by atoms with van der Waals surface area (Å²) in [7, 11) is 0. The highest BCUT2D eigenvalue weighted by atomic mass is 19.3. The van der Waals surface area contributed by atoms with E-state index in [4.69, 9.17) is 4.74 Å². The molecule has 1 aromatic rings. The van der Waals surface area contributed by atoms with E-state index in [0.29, 0.717) is 0 Å². The largest absolute Gasteiger partial charge is 0.483 e. The molecule has 0 atom stereocenters. The zero-order chi connectivity index (χ0) is 15.9. The summed E-state index contributed by atoms with van der Waals surface area (Å²) in [4.78, 5) is 19.8. The second kappa shape index (κ2) is 4.79. The lowest BCUT2D eigenvalue weighted by atomic mass is 10.0. The Bertz CT molecular complexity index is 632. The van der Waals surface area contributed by atoms with Crippen LogP contribution in [0.2, 0.25) is 0 Å². The standard InChI is InChI=1S/C11H10F2N2O6/c1-11(2)4-5-3-6(14(16)17)7(15(18)19)9(8(5)21-11)20-10(12)13/h3,10H,4H2,1-2H3. The number of rotatable bonds is 4. The zero-order valence-corrected chi connectivity index (χ0v) is 11.0. The van der Waals surface area contributed by atoms with Crippen LogP contribution in [0.15, 0.2) is 6.07 Å². The summed E-state index contributed by atoms with van der Waals surface area (Å²) in [6.45, 7) is -0.129. The number of alkyl halides is 2. The maximum absolute atomic E-state index is 12.5. The Morgan fingerprint density at radius 3 is 2.43 bits per heavy atom. The van der Waals surface area contributed by atoms with Gasteiger partial charge in [-0.2, -0.15) is 8.78 Å². The summed E-state index contributed by atoms with van der Waals surface area (Å²) in [5.74, 6) is -1.16. The number of hydrogen-bond acceptors (Lipinski definition) is 6. The second-order valence-corrected chi connectivity index (χ2v) is 4.99. The van der Waals surface area contributed by atoms with Crippen LogP contribution < -0.4 is 9.47 Å². The van der Waals surface area contributed by atoms with E-state index in [0.717, 1.165) is 6.07 Å². The Morgan fingerprint density at radius 2 is 1.95 bits per heavy atom. The van der Waals surface area contributed by atoms with Crippen LogP contribution in [-0.2, 0) is 6.42 Å². The number of hydrogen-bond donors (Lipinski definition) is 0. The minimum atomic E-state index is -3.37. The highest BCUT2D eigenvalue weighted by Gasteiger charge is 2.42. The van der Waals surface area contributed by atoms with Gasteiger partial charge in [-0.25, -0.2) is 0 Å². The topological polar surface area (TPSA) is 105 Å². The monoisotopic (exact) mass is 304 g/mol. The van der Waals surface area contributed by atoms with Crippen LogP contribution in [0.1, 0.15) is 19.4 Å². The maximum atomic E-state index is 12.5. The summed E-state index contributed by atoms with van der Waals surface area (Å²) in [6, 6.07) is 0.959. The van der Waals surface area contributed by atoms with E-state index in [1.54, 1.807) is 13.8 Å². The molecule has 0 aliphatic carbocycles. The fraction of sp³-hybridized carbons (Fsp3) is 0.455. The molecule has 0 spiro atoms. The molecular formula is C11H10F2N2O6. The first kappa shape index (κ1) is 14.9. The van der Waals surface area contributed by atoms with Crippen molar-refractivity contribution in [3.05, 3.63) is 31.9 Å². The van der Waals surface area contributed by atoms with Gasteiger partial charge < -0.3 is 9.47 Å². The van der Waals surface area contributed by atoms with E-state index in [1.165, 1.54) is 0 Å². The van der Waals surface area contributed by atoms with Crippen molar-refractivity contribution in [3.63, 3.8) is 0 Å². The fourth-order valence-electron chi connectivity index (χ4n) is 2.20. The Morgan fingerprint density at radius 1 is 1.33 bits per heavy atom. The van der Waals surface area contributed by atoms with Gasteiger partial charge in [0.1, 0.15) is 5.60 Å². The molecule has 8 nitrogen and oxygen atoms in total. The van der Waals surface area contributed by atoms with Crippen molar-refractivity contribution in [2.75, 3.05) is 0 Å². The molecule has 1 aliphatic rings. The van der Waals surface area contributed by atoms with Crippen LogP contribution >= 0.6 is 0 Å². The molecule has 1 aliphatic heterocycles. The van der Waals surface area contributed by atoms with Gasteiger partial charge >= 0.3 is 18.0 Å². The first-order chi connectivity index (χ1) is 9.62. The van der Waals surface area contributed by atoms with Gasteiger partial charge in [-0.15, -0.1) is 0 Å². The van der Waals surface area contributed by atoms with Crippen LogP contribution in [0.3, 0.4) is 0 Å². The number of halogens is 2. The molecule has 1 heterocycles. The molecule has 0 fully saturated rings. The molecule has 2 rings (SSSR count). The van der Waals surface area contributed by atoms with Crippen LogP contribution in [-0.4, -0.2) is 22.1 Å². The lowest BCUT2D eigenvalue weighted by Gasteiger charge is -2.17. The van der Waals surface area contributed by atoms with Crippen LogP contribution in [0.4, 0.5) is 20.2 Å². The van der Waals surface area contributed by atoms with Gasteiger partial charge in [0.05, 0.1) is 9.85 Å². The summed E-state index contributed by atoms with van der Waals surface area (Å²) < 4.78 is 34.5. The van der Waals surface area contributed by atoms with Crippen molar-refractivity contribution < 1.29 is 28.1 Å². The van der Waals surface area contributed by atoms with Crippen molar-refractivity contribution in [3.8, 4) is 11.5 Å². The molecule has 21 heavy (non-hydrogen) atoms. The quantitative estimate of drug-likeness (QED) is 0.625. The van der Waals surface area contributed by atoms with E-state index < -0.39 is 39.2 Å². The molecule has 0 saturated carbocycles. The molecule has 0 radical (unpaired) electrons. The fourth-order valence-corrected chi connectivity index (χ4v) is 2.20. The van der Waals surface area contributed by atoms with Gasteiger partial charge in [-0.05, 0) is 13.8 Å². The number of benzene rings is 1. The van der Waals surface area contributed by atoms with Gasteiger partial charge in [0.2, 0.25) is 0 Å². The van der Waals surface area contributed by atoms with Crippen molar-refractivity contribution in [1.29, 1.82) is 0 Å². The predicted octanol–water partition coefficient (Wildman–Crippen LogP) is 2.82. The maximum Gasteiger partial charge on any atom is 0.391 e. The molecule has 0 saturated heterocycles. The summed E-state index contributed by atoms with van der Waals surface area (Å²) in [5, 5.41) is 22.0. The van der Waals surface area contributed by atoms with E-state index >= 15 is 0 Å². The third-order valence-electron chi connectivity index (χ3n) is 2.85. The lowest BCUT2D eigenvalue weighted by Crippen LogP contribution is -2.24. The van der Waals surface area contributed by atoms with Gasteiger partial charge in [-0.1, -0.05) is 0 Å². The number of ether oxygens (including phenoxy) is 2. The third kappa shape index (κ3) is 2.69. The predicted molar refractivity (Wildman–Crippen MR) is 64.8 cm³/mol. The smallest absolute Gasteiger partial charge is 0.391 e. The highest BCUT2D eigenvalue weighted by molar-refractivity contribution is 5.71. The SMILES string of the molecule is CC1(C)Cc2cc([N+](=O)[O-])c([N+](=O)[O-])c(OC(F)F)c2O1. The molecule has 1 aromatic carbocycles. The van der Waals surface area contributed by atoms with Crippen molar-refractivity contribution in [1.82, 2.24) is 0 Å². The molecule has 0 bridgehead atoms. The van der Waals surface area contributed by atoms with Crippen LogP contribution in [0, 0.1) is 20.2 Å². The first-order valence-electron chi connectivity index (χ1n) is 5.75. The highest BCUT2D eigenvalue weighted by Crippen LogP contribution is 2.51. The van der Waals surface area contributed by atoms with Crippen LogP contribution in [0.5, 0.6) is 11.5 Å². The number of fused-ring (bicyclic) bond motifs is 1. The number of nitro groups is 2. The van der Waals surface area contributed by atoms with E-state index in [1.807, 2.05) is 0 Å². The molecule has 10 heteroatoms. The Labute approximate surface area is 116 Å². The summed E-state index contributed by atoms with van der Waals surface area (Å²) >= 11 is 0.